The highest BCUT2D eigenvalue weighted by atomic mass is 16.5. The van der Waals surface area contributed by atoms with Gasteiger partial charge in [0, 0.05) is 6.54 Å². The van der Waals surface area contributed by atoms with Crippen molar-refractivity contribution in [3.8, 4) is 0 Å². The van der Waals surface area contributed by atoms with Crippen LogP contribution in [0.25, 0.3) is 0 Å². The Morgan fingerprint density at radius 3 is 3.00 bits per heavy atom. The van der Waals surface area contributed by atoms with E-state index in [0.29, 0.717) is 12.6 Å². The Kier molecular flexibility index (Phi) is 5.48. The van der Waals surface area contributed by atoms with Crippen LogP contribution in [0.15, 0.2) is 10.7 Å². The second kappa shape index (κ2) is 6.90. The van der Waals surface area contributed by atoms with Gasteiger partial charge in [-0.2, -0.15) is 4.98 Å². The Hall–Kier alpha value is -1.56. The molecule has 1 heterocycles. The van der Waals surface area contributed by atoms with Crippen molar-refractivity contribution < 1.29 is 13.9 Å². The molecule has 1 aromatic heterocycles. The number of carbonyl (C=O) groups is 1. The minimum absolute atomic E-state index is 0.196. The van der Waals surface area contributed by atoms with Crippen molar-refractivity contribution >= 4 is 12.0 Å². The summed E-state index contributed by atoms with van der Waals surface area (Å²) in [4.78, 5) is 17.4. The first kappa shape index (κ1) is 13.5. The average molecular weight is 241 g/mol. The molecule has 0 spiro atoms. The number of nitrogens with zero attached hydrogens (tertiary/aromatic N) is 2. The average Bonchev–Trinajstić information content (AvgIpc) is 2.73. The van der Waals surface area contributed by atoms with Gasteiger partial charge in [0.25, 0.3) is 6.01 Å². The molecule has 0 aromatic carbocycles. The molecular formula is C11H19N3O3. The van der Waals surface area contributed by atoms with Crippen molar-refractivity contribution in [2.24, 2.45) is 0 Å². The number of esters is 1. The number of nitrogens with one attached hydrogen (secondary N) is 1. The molecule has 96 valence electrons. The Morgan fingerprint density at radius 1 is 1.59 bits per heavy atom. The van der Waals surface area contributed by atoms with Gasteiger partial charge in [0.05, 0.1) is 6.61 Å². The van der Waals surface area contributed by atoms with Crippen LogP contribution in [-0.4, -0.2) is 49.6 Å². The minimum Gasteiger partial charge on any atom is -0.461 e. The molecule has 0 amide bonds. The lowest BCUT2D eigenvalue weighted by atomic mass is 10.4. The number of rotatable bonds is 7. The zero-order chi connectivity index (χ0) is 12.7. The van der Waals surface area contributed by atoms with Gasteiger partial charge in [-0.1, -0.05) is 0 Å². The third-order valence-corrected chi connectivity index (χ3v) is 2.05. The lowest BCUT2D eigenvalue weighted by Crippen LogP contribution is -2.16. The van der Waals surface area contributed by atoms with Crippen LogP contribution in [0.3, 0.4) is 0 Å². The fourth-order valence-electron chi connectivity index (χ4n) is 1.24. The standard InChI is InChI=1S/C11H19N3O3/c1-4-16-10(15)9-8-17-11(13-9)12-6-5-7-14(2)3/h8H,4-7H2,1-3H3,(H,12,13). The van der Waals surface area contributed by atoms with Gasteiger partial charge in [0.15, 0.2) is 5.69 Å². The Morgan fingerprint density at radius 2 is 2.35 bits per heavy atom. The van der Waals surface area contributed by atoms with E-state index >= 15 is 0 Å². The SMILES string of the molecule is CCOC(=O)c1coc(NCCCN(C)C)n1. The molecule has 0 aliphatic rings. The lowest BCUT2D eigenvalue weighted by Gasteiger charge is -2.08. The fourth-order valence-corrected chi connectivity index (χ4v) is 1.24. The van der Waals surface area contributed by atoms with Crippen LogP contribution in [0.5, 0.6) is 0 Å². The van der Waals surface area contributed by atoms with Gasteiger partial charge in [0.2, 0.25) is 0 Å². The zero-order valence-corrected chi connectivity index (χ0v) is 10.5. The van der Waals surface area contributed by atoms with Crippen molar-refractivity contribution in [3.05, 3.63) is 12.0 Å². The van der Waals surface area contributed by atoms with Crippen LogP contribution >= 0.6 is 0 Å². The third-order valence-electron chi connectivity index (χ3n) is 2.05. The molecule has 0 unspecified atom stereocenters. The summed E-state index contributed by atoms with van der Waals surface area (Å²) in [7, 11) is 4.04. The van der Waals surface area contributed by atoms with Crippen molar-refractivity contribution in [2.75, 3.05) is 39.1 Å². The van der Waals surface area contributed by atoms with E-state index in [2.05, 4.69) is 15.2 Å². The van der Waals surface area contributed by atoms with E-state index in [1.807, 2.05) is 14.1 Å². The van der Waals surface area contributed by atoms with Crippen LogP contribution < -0.4 is 5.32 Å². The predicted molar refractivity (Wildman–Crippen MR) is 64.1 cm³/mol. The molecule has 1 N–H and O–H groups in total. The Labute approximate surface area is 101 Å². The van der Waals surface area contributed by atoms with Crippen LogP contribution in [0.1, 0.15) is 23.8 Å². The number of ether oxygens (including phenoxy) is 1. The number of oxazole rings is 1. The van der Waals surface area contributed by atoms with Gasteiger partial charge in [-0.15, -0.1) is 0 Å². The van der Waals surface area contributed by atoms with E-state index in [9.17, 15) is 4.79 Å². The maximum absolute atomic E-state index is 11.3. The summed E-state index contributed by atoms with van der Waals surface area (Å²) in [5, 5.41) is 3.01. The molecular weight excluding hydrogens is 222 g/mol. The van der Waals surface area contributed by atoms with Crippen molar-refractivity contribution in [3.63, 3.8) is 0 Å². The van der Waals surface area contributed by atoms with Crippen LogP contribution in [0.2, 0.25) is 0 Å². The largest absolute Gasteiger partial charge is 0.461 e. The molecule has 6 heteroatoms. The molecule has 1 aromatic rings. The minimum atomic E-state index is -0.461. The first-order valence-electron chi connectivity index (χ1n) is 5.64. The molecule has 0 fully saturated rings. The molecule has 0 saturated carbocycles. The highest BCUT2D eigenvalue weighted by molar-refractivity contribution is 5.87. The summed E-state index contributed by atoms with van der Waals surface area (Å²) in [6.45, 7) is 3.81. The van der Waals surface area contributed by atoms with E-state index in [0.717, 1.165) is 19.5 Å². The van der Waals surface area contributed by atoms with E-state index < -0.39 is 5.97 Å². The highest BCUT2D eigenvalue weighted by Crippen LogP contribution is 2.08. The van der Waals surface area contributed by atoms with Crippen LogP contribution in [0.4, 0.5) is 6.01 Å². The van der Waals surface area contributed by atoms with Crippen molar-refractivity contribution in [1.29, 1.82) is 0 Å². The lowest BCUT2D eigenvalue weighted by molar-refractivity contribution is 0.0519. The first-order chi connectivity index (χ1) is 8.13. The predicted octanol–water partition coefficient (Wildman–Crippen LogP) is 1.21. The Balaban J connectivity index is 2.33. The number of anilines is 1. The summed E-state index contributed by atoms with van der Waals surface area (Å²) in [5.74, 6) is -0.461. The molecule has 1 rings (SSSR count). The number of carbonyl (C=O) groups excluding carboxylic acids is 1. The number of hydrogen-bond donors (Lipinski definition) is 1. The van der Waals surface area contributed by atoms with Crippen LogP contribution in [0, 0.1) is 0 Å². The van der Waals surface area contributed by atoms with Gasteiger partial charge in [-0.05, 0) is 34.0 Å². The zero-order valence-electron chi connectivity index (χ0n) is 10.5. The van der Waals surface area contributed by atoms with Gasteiger partial charge in [-0.25, -0.2) is 4.79 Å². The van der Waals surface area contributed by atoms with E-state index in [4.69, 9.17) is 9.15 Å². The summed E-state index contributed by atoms with van der Waals surface area (Å²) in [5.41, 5.74) is 0.196. The summed E-state index contributed by atoms with van der Waals surface area (Å²) < 4.78 is 9.90. The smallest absolute Gasteiger partial charge is 0.360 e. The summed E-state index contributed by atoms with van der Waals surface area (Å²) >= 11 is 0. The molecule has 0 aliphatic carbocycles. The van der Waals surface area contributed by atoms with Gasteiger partial charge in [0.1, 0.15) is 6.26 Å². The van der Waals surface area contributed by atoms with Crippen molar-refractivity contribution in [2.45, 2.75) is 13.3 Å². The normalized spacial score (nSPS) is 10.6. The summed E-state index contributed by atoms with van der Waals surface area (Å²) in [6.07, 6.45) is 2.27. The molecule has 0 saturated heterocycles. The molecule has 0 atom stereocenters. The van der Waals surface area contributed by atoms with E-state index in [1.54, 1.807) is 6.92 Å². The molecule has 17 heavy (non-hydrogen) atoms. The summed E-state index contributed by atoms with van der Waals surface area (Å²) in [6, 6.07) is 0.354. The second-order valence-electron chi connectivity index (χ2n) is 3.84. The maximum atomic E-state index is 11.3. The second-order valence-corrected chi connectivity index (χ2v) is 3.84. The maximum Gasteiger partial charge on any atom is 0.360 e. The van der Waals surface area contributed by atoms with E-state index in [-0.39, 0.29) is 5.69 Å². The monoisotopic (exact) mass is 241 g/mol. The van der Waals surface area contributed by atoms with Gasteiger partial charge in [-0.3, -0.25) is 0 Å². The van der Waals surface area contributed by atoms with Crippen LogP contribution in [-0.2, 0) is 4.74 Å². The molecule has 0 aliphatic heterocycles. The Bertz CT molecular complexity index is 349. The highest BCUT2D eigenvalue weighted by Gasteiger charge is 2.12. The van der Waals surface area contributed by atoms with Crippen molar-refractivity contribution in [1.82, 2.24) is 9.88 Å². The van der Waals surface area contributed by atoms with Gasteiger partial charge >= 0.3 is 5.97 Å². The first-order valence-corrected chi connectivity index (χ1v) is 5.64. The topological polar surface area (TPSA) is 67.6 Å². The fraction of sp³-hybridized carbons (Fsp3) is 0.636. The third kappa shape index (κ3) is 4.86. The number of aromatic nitrogens is 1. The number of hydrogen-bond acceptors (Lipinski definition) is 6. The molecule has 6 nitrogen and oxygen atoms in total. The quantitative estimate of drug-likeness (QED) is 0.572. The van der Waals surface area contributed by atoms with E-state index in [1.165, 1.54) is 6.26 Å². The van der Waals surface area contributed by atoms with Gasteiger partial charge < -0.3 is 19.4 Å². The molecule has 0 radical (unpaired) electrons. The molecule has 0 bridgehead atoms.